The van der Waals surface area contributed by atoms with Crippen LogP contribution in [0.15, 0.2) is 29.2 Å². The molecule has 0 aliphatic carbocycles. The number of aryl methyl sites for hydroxylation is 2. The lowest BCUT2D eigenvalue weighted by molar-refractivity contribution is -0.117. The van der Waals surface area contributed by atoms with Crippen LogP contribution in [-0.2, 0) is 11.8 Å². The zero-order valence-corrected chi connectivity index (χ0v) is 11.1. The first-order valence-electron chi connectivity index (χ1n) is 6.48. The molecule has 4 nitrogen and oxygen atoms in total. The largest absolute Gasteiger partial charge is 0.350 e. The number of carbonyl (C=O) groups is 1. The van der Waals surface area contributed by atoms with E-state index in [2.05, 4.69) is 0 Å². The van der Waals surface area contributed by atoms with Crippen LogP contribution in [0.3, 0.4) is 0 Å². The number of rotatable bonds is 1. The van der Waals surface area contributed by atoms with Gasteiger partial charge in [0.1, 0.15) is 0 Å². The van der Waals surface area contributed by atoms with E-state index in [1.54, 1.807) is 4.90 Å². The van der Waals surface area contributed by atoms with Crippen LogP contribution in [-0.4, -0.2) is 17.0 Å². The quantitative estimate of drug-likeness (QED) is 0.783. The molecular weight excluding hydrogens is 240 g/mol. The van der Waals surface area contributed by atoms with Crippen molar-refractivity contribution in [3.05, 3.63) is 40.2 Å². The third-order valence-corrected chi connectivity index (χ3v) is 3.74. The molecule has 19 heavy (non-hydrogen) atoms. The van der Waals surface area contributed by atoms with E-state index in [1.165, 1.54) is 0 Å². The van der Waals surface area contributed by atoms with Crippen LogP contribution in [0.2, 0.25) is 0 Å². The molecule has 0 atom stereocenters. The SMILES string of the molecule is Cc1cn(C)c2cc(N3CCCC3=O)ccc2c1=O. The molecule has 1 aromatic heterocycles. The van der Waals surface area contributed by atoms with Gasteiger partial charge in [-0.05, 0) is 31.5 Å². The van der Waals surface area contributed by atoms with Crippen LogP contribution in [0.4, 0.5) is 5.69 Å². The summed E-state index contributed by atoms with van der Waals surface area (Å²) < 4.78 is 1.94. The molecule has 98 valence electrons. The van der Waals surface area contributed by atoms with E-state index in [9.17, 15) is 9.59 Å². The highest BCUT2D eigenvalue weighted by molar-refractivity contribution is 5.97. The molecule has 1 amide bonds. The Hall–Kier alpha value is -2.10. The number of anilines is 1. The van der Waals surface area contributed by atoms with Crippen LogP contribution >= 0.6 is 0 Å². The standard InChI is InChI=1S/C15H16N2O2/c1-10-9-16(2)13-8-11(5-6-12(13)15(10)19)17-7-3-4-14(17)18/h5-6,8-9H,3-4,7H2,1-2H3. The van der Waals surface area contributed by atoms with Gasteiger partial charge in [-0.2, -0.15) is 0 Å². The number of benzene rings is 1. The number of amides is 1. The Morgan fingerprint density at radius 1 is 1.21 bits per heavy atom. The number of hydrogen-bond acceptors (Lipinski definition) is 2. The number of pyridine rings is 1. The van der Waals surface area contributed by atoms with Gasteiger partial charge in [0, 0.05) is 42.8 Å². The molecule has 3 rings (SSSR count). The fourth-order valence-electron chi connectivity index (χ4n) is 2.72. The van der Waals surface area contributed by atoms with E-state index in [4.69, 9.17) is 0 Å². The van der Waals surface area contributed by atoms with Gasteiger partial charge in [0.2, 0.25) is 5.91 Å². The minimum atomic E-state index is 0.0624. The minimum Gasteiger partial charge on any atom is -0.350 e. The van der Waals surface area contributed by atoms with Crippen molar-refractivity contribution in [3.8, 4) is 0 Å². The van der Waals surface area contributed by atoms with Gasteiger partial charge in [0.05, 0.1) is 5.52 Å². The first-order valence-corrected chi connectivity index (χ1v) is 6.48. The molecule has 1 saturated heterocycles. The van der Waals surface area contributed by atoms with Gasteiger partial charge < -0.3 is 9.47 Å². The predicted molar refractivity (Wildman–Crippen MR) is 75.5 cm³/mol. The molecule has 0 bridgehead atoms. The summed E-state index contributed by atoms with van der Waals surface area (Å²) in [7, 11) is 1.92. The first kappa shape index (κ1) is 12.0. The molecule has 0 radical (unpaired) electrons. The second-order valence-corrected chi connectivity index (χ2v) is 5.10. The number of carbonyl (C=O) groups excluding carboxylic acids is 1. The Kier molecular flexibility index (Phi) is 2.66. The summed E-state index contributed by atoms with van der Waals surface area (Å²) in [4.78, 5) is 25.7. The predicted octanol–water partition coefficient (Wildman–Crippen LogP) is 1.97. The van der Waals surface area contributed by atoms with Crippen molar-refractivity contribution in [1.82, 2.24) is 4.57 Å². The maximum absolute atomic E-state index is 12.1. The molecular formula is C15H16N2O2. The van der Waals surface area contributed by atoms with Crippen molar-refractivity contribution in [2.75, 3.05) is 11.4 Å². The summed E-state index contributed by atoms with van der Waals surface area (Å²) in [6.07, 6.45) is 3.36. The molecule has 1 aromatic carbocycles. The zero-order chi connectivity index (χ0) is 13.6. The van der Waals surface area contributed by atoms with Crippen LogP contribution in [0.25, 0.3) is 10.9 Å². The topological polar surface area (TPSA) is 42.3 Å². The first-order chi connectivity index (χ1) is 9.08. The third kappa shape index (κ3) is 1.84. The molecule has 0 saturated carbocycles. The molecule has 0 spiro atoms. The van der Waals surface area contributed by atoms with E-state index in [-0.39, 0.29) is 11.3 Å². The lowest BCUT2D eigenvalue weighted by Crippen LogP contribution is -2.23. The van der Waals surface area contributed by atoms with Gasteiger partial charge >= 0.3 is 0 Å². The molecule has 2 aromatic rings. The van der Waals surface area contributed by atoms with Crippen molar-refractivity contribution < 1.29 is 4.79 Å². The molecule has 1 aliphatic heterocycles. The number of hydrogen-bond donors (Lipinski definition) is 0. The Balaban J connectivity index is 2.21. The normalized spacial score (nSPS) is 15.5. The summed E-state index contributed by atoms with van der Waals surface area (Å²) in [5, 5.41) is 0.706. The third-order valence-electron chi connectivity index (χ3n) is 3.74. The summed E-state index contributed by atoms with van der Waals surface area (Å²) in [6, 6.07) is 5.62. The lowest BCUT2D eigenvalue weighted by Gasteiger charge is -2.17. The fourth-order valence-corrected chi connectivity index (χ4v) is 2.72. The maximum Gasteiger partial charge on any atom is 0.227 e. The number of fused-ring (bicyclic) bond motifs is 1. The van der Waals surface area contributed by atoms with Crippen molar-refractivity contribution in [1.29, 1.82) is 0 Å². The van der Waals surface area contributed by atoms with E-state index in [0.717, 1.165) is 29.7 Å². The summed E-state index contributed by atoms with van der Waals surface area (Å²) in [6.45, 7) is 2.59. The van der Waals surface area contributed by atoms with E-state index >= 15 is 0 Å². The van der Waals surface area contributed by atoms with Crippen LogP contribution in [0.5, 0.6) is 0 Å². The fraction of sp³-hybridized carbons (Fsp3) is 0.333. The van der Waals surface area contributed by atoms with Gasteiger partial charge in [-0.25, -0.2) is 0 Å². The Morgan fingerprint density at radius 3 is 2.68 bits per heavy atom. The Morgan fingerprint density at radius 2 is 2.00 bits per heavy atom. The molecule has 1 fully saturated rings. The summed E-state index contributed by atoms with van der Waals surface area (Å²) in [5.74, 6) is 0.163. The second kappa shape index (κ2) is 4.23. The summed E-state index contributed by atoms with van der Waals surface area (Å²) in [5.41, 5.74) is 2.55. The van der Waals surface area contributed by atoms with Crippen LogP contribution in [0.1, 0.15) is 18.4 Å². The van der Waals surface area contributed by atoms with Gasteiger partial charge in [-0.1, -0.05) is 0 Å². The van der Waals surface area contributed by atoms with Gasteiger partial charge in [0.15, 0.2) is 5.43 Å². The van der Waals surface area contributed by atoms with Crippen LogP contribution < -0.4 is 10.3 Å². The Bertz CT molecular complexity index is 731. The van der Waals surface area contributed by atoms with E-state index < -0.39 is 0 Å². The number of aromatic nitrogens is 1. The van der Waals surface area contributed by atoms with E-state index in [1.807, 2.05) is 42.9 Å². The molecule has 1 aliphatic rings. The van der Waals surface area contributed by atoms with E-state index in [0.29, 0.717) is 11.8 Å². The highest BCUT2D eigenvalue weighted by atomic mass is 16.2. The highest BCUT2D eigenvalue weighted by Gasteiger charge is 2.22. The maximum atomic E-state index is 12.1. The number of nitrogens with zero attached hydrogens (tertiary/aromatic N) is 2. The average molecular weight is 256 g/mol. The Labute approximate surface area is 111 Å². The van der Waals surface area contributed by atoms with Gasteiger partial charge in [0.25, 0.3) is 0 Å². The smallest absolute Gasteiger partial charge is 0.227 e. The second-order valence-electron chi connectivity index (χ2n) is 5.10. The highest BCUT2D eigenvalue weighted by Crippen LogP contribution is 2.24. The molecule has 4 heteroatoms. The van der Waals surface area contributed by atoms with Crippen molar-refractivity contribution >= 4 is 22.5 Å². The van der Waals surface area contributed by atoms with Crippen LogP contribution in [0, 0.1) is 6.92 Å². The average Bonchev–Trinajstić information content (AvgIpc) is 2.82. The molecule has 0 unspecified atom stereocenters. The van der Waals surface area contributed by atoms with Gasteiger partial charge in [-0.15, -0.1) is 0 Å². The monoisotopic (exact) mass is 256 g/mol. The minimum absolute atomic E-state index is 0.0624. The molecule has 2 heterocycles. The van der Waals surface area contributed by atoms with Crippen molar-refractivity contribution in [3.63, 3.8) is 0 Å². The molecule has 0 N–H and O–H groups in total. The summed E-state index contributed by atoms with van der Waals surface area (Å²) >= 11 is 0. The van der Waals surface area contributed by atoms with Crippen molar-refractivity contribution in [2.24, 2.45) is 7.05 Å². The van der Waals surface area contributed by atoms with Crippen molar-refractivity contribution in [2.45, 2.75) is 19.8 Å². The van der Waals surface area contributed by atoms with Gasteiger partial charge in [-0.3, -0.25) is 9.59 Å². The lowest BCUT2D eigenvalue weighted by atomic mass is 10.1. The zero-order valence-electron chi connectivity index (χ0n) is 11.1.